The maximum absolute atomic E-state index is 12.1. The van der Waals surface area contributed by atoms with Gasteiger partial charge in [-0.1, -0.05) is 0 Å². The summed E-state index contributed by atoms with van der Waals surface area (Å²) >= 11 is 0. The van der Waals surface area contributed by atoms with Crippen LogP contribution in [0.5, 0.6) is 0 Å². The fourth-order valence-electron chi connectivity index (χ4n) is 2.10. The van der Waals surface area contributed by atoms with Crippen LogP contribution in [0.15, 0.2) is 29.2 Å². The predicted octanol–water partition coefficient (Wildman–Crippen LogP) is 0.110. The van der Waals surface area contributed by atoms with Gasteiger partial charge in [-0.25, -0.2) is 21.6 Å². The van der Waals surface area contributed by atoms with Gasteiger partial charge in [-0.15, -0.1) is 0 Å². The maximum Gasteiger partial charge on any atom is 0.240 e. The van der Waals surface area contributed by atoms with Gasteiger partial charge < -0.3 is 5.32 Å². The third-order valence-electron chi connectivity index (χ3n) is 3.04. The Morgan fingerprint density at radius 3 is 2.33 bits per heavy atom. The van der Waals surface area contributed by atoms with Crippen LogP contribution in [0.4, 0.5) is 5.69 Å². The fraction of sp³-hybridized carbons (Fsp3) is 0.417. The Balaban J connectivity index is 2.11. The van der Waals surface area contributed by atoms with Gasteiger partial charge in [0.1, 0.15) is 0 Å². The summed E-state index contributed by atoms with van der Waals surface area (Å²) in [5, 5.41) is 2.53. The molecule has 0 aliphatic carbocycles. The van der Waals surface area contributed by atoms with Crippen molar-refractivity contribution in [2.75, 3.05) is 16.8 Å². The zero-order valence-corrected chi connectivity index (χ0v) is 13.0. The van der Waals surface area contributed by atoms with E-state index in [-0.39, 0.29) is 28.7 Å². The van der Waals surface area contributed by atoms with E-state index in [1.54, 1.807) is 0 Å². The summed E-state index contributed by atoms with van der Waals surface area (Å²) in [6.07, 6.45) is 0.283. The van der Waals surface area contributed by atoms with Gasteiger partial charge in [0.2, 0.25) is 15.9 Å². The normalized spacial score (nSPS) is 21.1. The van der Waals surface area contributed by atoms with Gasteiger partial charge in [0.15, 0.2) is 9.84 Å². The molecule has 1 aliphatic heterocycles. The van der Waals surface area contributed by atoms with Crippen molar-refractivity contribution in [1.82, 2.24) is 4.72 Å². The van der Waals surface area contributed by atoms with E-state index in [2.05, 4.69) is 10.0 Å². The highest BCUT2D eigenvalue weighted by Crippen LogP contribution is 2.17. The van der Waals surface area contributed by atoms with Gasteiger partial charge in [0, 0.05) is 18.7 Å². The molecule has 116 valence electrons. The first-order valence-corrected chi connectivity index (χ1v) is 9.59. The minimum atomic E-state index is -3.77. The molecule has 0 bridgehead atoms. The number of carbonyl (C=O) groups is 1. The van der Waals surface area contributed by atoms with E-state index < -0.39 is 25.9 Å². The second kappa shape index (κ2) is 5.74. The molecule has 2 rings (SSSR count). The third-order valence-corrected chi connectivity index (χ3v) is 6.34. The average molecular weight is 332 g/mol. The van der Waals surface area contributed by atoms with Crippen molar-refractivity contribution < 1.29 is 21.6 Å². The molecule has 1 fully saturated rings. The van der Waals surface area contributed by atoms with Crippen LogP contribution in [0.1, 0.15) is 13.3 Å². The van der Waals surface area contributed by atoms with Gasteiger partial charge in [-0.3, -0.25) is 4.79 Å². The summed E-state index contributed by atoms with van der Waals surface area (Å²) in [6.45, 7) is 1.35. The highest BCUT2D eigenvalue weighted by atomic mass is 32.2. The second-order valence-corrected chi connectivity index (χ2v) is 8.87. The van der Waals surface area contributed by atoms with Crippen LogP contribution in [0.2, 0.25) is 0 Å². The smallest absolute Gasteiger partial charge is 0.240 e. The van der Waals surface area contributed by atoms with E-state index in [1.807, 2.05) is 0 Å². The quantitative estimate of drug-likeness (QED) is 0.813. The van der Waals surface area contributed by atoms with Crippen molar-refractivity contribution in [2.24, 2.45) is 0 Å². The summed E-state index contributed by atoms with van der Waals surface area (Å²) < 4.78 is 49.3. The molecule has 0 spiro atoms. The summed E-state index contributed by atoms with van der Waals surface area (Å²) in [7, 11) is -6.91. The van der Waals surface area contributed by atoms with Crippen LogP contribution >= 0.6 is 0 Å². The van der Waals surface area contributed by atoms with Crippen molar-refractivity contribution in [1.29, 1.82) is 0 Å². The molecular formula is C12H16N2O5S2. The van der Waals surface area contributed by atoms with Crippen molar-refractivity contribution in [3.8, 4) is 0 Å². The molecule has 1 amide bonds. The number of rotatable bonds is 4. The van der Waals surface area contributed by atoms with Crippen LogP contribution in [0.25, 0.3) is 0 Å². The molecule has 1 saturated heterocycles. The lowest BCUT2D eigenvalue weighted by molar-refractivity contribution is -0.114. The summed E-state index contributed by atoms with van der Waals surface area (Å²) in [6, 6.07) is 5.08. The molecule has 0 radical (unpaired) electrons. The highest BCUT2D eigenvalue weighted by Gasteiger charge is 2.31. The first-order valence-electron chi connectivity index (χ1n) is 6.28. The van der Waals surface area contributed by atoms with Crippen molar-refractivity contribution >= 4 is 31.5 Å². The Morgan fingerprint density at radius 2 is 1.86 bits per heavy atom. The number of benzene rings is 1. The first-order chi connectivity index (χ1) is 9.68. The molecular weight excluding hydrogens is 316 g/mol. The van der Waals surface area contributed by atoms with E-state index in [4.69, 9.17) is 0 Å². The van der Waals surface area contributed by atoms with Crippen LogP contribution in [-0.2, 0) is 24.7 Å². The first kappa shape index (κ1) is 15.9. The number of hydrogen-bond acceptors (Lipinski definition) is 5. The molecule has 21 heavy (non-hydrogen) atoms. The topological polar surface area (TPSA) is 109 Å². The van der Waals surface area contributed by atoms with Crippen molar-refractivity contribution in [3.63, 3.8) is 0 Å². The van der Waals surface area contributed by atoms with E-state index in [1.165, 1.54) is 31.2 Å². The van der Waals surface area contributed by atoms with Gasteiger partial charge in [0.05, 0.1) is 16.4 Å². The lowest BCUT2D eigenvalue weighted by Crippen LogP contribution is -2.35. The van der Waals surface area contributed by atoms with E-state index >= 15 is 0 Å². The predicted molar refractivity (Wildman–Crippen MR) is 78.1 cm³/mol. The minimum Gasteiger partial charge on any atom is -0.326 e. The van der Waals surface area contributed by atoms with E-state index in [0.29, 0.717) is 5.69 Å². The molecule has 2 N–H and O–H groups in total. The number of carbonyl (C=O) groups excluding carboxylic acids is 1. The molecule has 1 aliphatic rings. The molecule has 7 nitrogen and oxygen atoms in total. The van der Waals surface area contributed by atoms with Crippen LogP contribution < -0.4 is 10.0 Å². The van der Waals surface area contributed by atoms with Crippen LogP contribution in [-0.4, -0.2) is 40.3 Å². The zero-order valence-electron chi connectivity index (χ0n) is 11.4. The maximum atomic E-state index is 12.1. The lowest BCUT2D eigenvalue weighted by atomic mass is 10.3. The Labute approximate surface area is 123 Å². The van der Waals surface area contributed by atoms with Crippen LogP contribution in [0, 0.1) is 0 Å². The van der Waals surface area contributed by atoms with Crippen molar-refractivity contribution in [3.05, 3.63) is 24.3 Å². The lowest BCUT2D eigenvalue weighted by Gasteiger charge is -2.12. The largest absolute Gasteiger partial charge is 0.326 e. The number of nitrogens with one attached hydrogen (secondary N) is 2. The summed E-state index contributed by atoms with van der Waals surface area (Å²) in [5.74, 6) is -0.419. The molecule has 0 aromatic heterocycles. The number of amides is 1. The van der Waals surface area contributed by atoms with E-state index in [9.17, 15) is 21.6 Å². The third kappa shape index (κ3) is 4.26. The molecule has 1 aromatic rings. The van der Waals surface area contributed by atoms with Gasteiger partial charge in [0.25, 0.3) is 0 Å². The van der Waals surface area contributed by atoms with Gasteiger partial charge in [-0.2, -0.15) is 0 Å². The average Bonchev–Trinajstić information content (AvgIpc) is 2.67. The fourth-order valence-corrected chi connectivity index (χ4v) is 5.15. The number of sulfone groups is 1. The highest BCUT2D eigenvalue weighted by molar-refractivity contribution is 7.92. The van der Waals surface area contributed by atoms with E-state index in [0.717, 1.165) is 0 Å². The van der Waals surface area contributed by atoms with Crippen LogP contribution in [0.3, 0.4) is 0 Å². The number of anilines is 1. The number of sulfonamides is 1. The molecule has 1 heterocycles. The summed E-state index contributed by atoms with van der Waals surface area (Å²) in [5.41, 5.74) is 0.491. The summed E-state index contributed by atoms with van der Waals surface area (Å²) in [4.78, 5) is 10.9. The number of hydrogen-bond donors (Lipinski definition) is 2. The molecule has 1 aromatic carbocycles. The Kier molecular flexibility index (Phi) is 4.35. The Hall–Kier alpha value is -1.45. The van der Waals surface area contributed by atoms with Gasteiger partial charge in [-0.05, 0) is 30.7 Å². The Morgan fingerprint density at radius 1 is 1.24 bits per heavy atom. The Bertz CT molecular complexity index is 738. The zero-order chi connectivity index (χ0) is 15.7. The second-order valence-electron chi connectivity index (χ2n) is 4.93. The monoisotopic (exact) mass is 332 g/mol. The SMILES string of the molecule is CC(=O)Nc1ccc(S(=O)(=O)N[C@@H]2CCS(=O)(=O)C2)cc1. The molecule has 0 saturated carbocycles. The minimum absolute atomic E-state index is 0.00164. The molecule has 0 unspecified atom stereocenters. The standard InChI is InChI=1S/C12H16N2O5S2/c1-9(15)13-10-2-4-12(5-3-10)21(18,19)14-11-6-7-20(16,17)8-11/h2-5,11,14H,6-8H2,1H3,(H,13,15)/t11-/m1/s1. The van der Waals surface area contributed by atoms with Gasteiger partial charge >= 0.3 is 0 Å². The molecule has 1 atom stereocenters. The van der Waals surface area contributed by atoms with Crippen molar-refractivity contribution in [2.45, 2.75) is 24.3 Å². The molecule has 9 heteroatoms.